The number of nitro groups is 1. The molecule has 1 saturated heterocycles. The second-order valence-electron chi connectivity index (χ2n) is 6.13. The molecule has 0 spiro atoms. The highest BCUT2D eigenvalue weighted by molar-refractivity contribution is 7.89. The van der Waals surface area contributed by atoms with Crippen LogP contribution in [0.25, 0.3) is 0 Å². The summed E-state index contributed by atoms with van der Waals surface area (Å²) in [5, 5.41) is 16.5. The standard InChI is InChI=1S/C16H24N4O5S.ClH/c1-17-10-4-11-18-16(21)15-5-2-3-12-19(15)26(24,25)14-8-6-13(7-9-14)20(22)23;/h6-9,15,17H,2-5,10-12H2,1H3,(H,18,21);1H. The Kier molecular flexibility index (Phi) is 9.10. The monoisotopic (exact) mass is 420 g/mol. The van der Waals surface area contributed by atoms with Gasteiger partial charge >= 0.3 is 0 Å². The molecule has 1 heterocycles. The third kappa shape index (κ3) is 5.86. The first-order valence-electron chi connectivity index (χ1n) is 8.56. The van der Waals surface area contributed by atoms with Crippen molar-refractivity contribution in [1.82, 2.24) is 14.9 Å². The largest absolute Gasteiger partial charge is 0.355 e. The van der Waals surface area contributed by atoms with Gasteiger partial charge in [0, 0.05) is 25.2 Å². The molecule has 27 heavy (non-hydrogen) atoms. The second-order valence-corrected chi connectivity index (χ2v) is 8.02. The second kappa shape index (κ2) is 10.5. The summed E-state index contributed by atoms with van der Waals surface area (Å²) in [6.45, 7) is 1.49. The van der Waals surface area contributed by atoms with Crippen molar-refractivity contribution in [3.05, 3.63) is 34.4 Å². The number of sulfonamides is 1. The topological polar surface area (TPSA) is 122 Å². The summed E-state index contributed by atoms with van der Waals surface area (Å²) in [6.07, 6.45) is 2.67. The summed E-state index contributed by atoms with van der Waals surface area (Å²) >= 11 is 0. The van der Waals surface area contributed by atoms with Gasteiger partial charge in [-0.05, 0) is 45.0 Å². The lowest BCUT2D eigenvalue weighted by Crippen LogP contribution is -2.52. The predicted octanol–water partition coefficient (Wildman–Crippen LogP) is 1.29. The van der Waals surface area contributed by atoms with E-state index >= 15 is 0 Å². The maximum atomic E-state index is 12.9. The number of non-ortho nitro benzene ring substituents is 1. The highest BCUT2D eigenvalue weighted by atomic mass is 35.5. The summed E-state index contributed by atoms with van der Waals surface area (Å²) in [5.74, 6) is -0.300. The molecule has 2 N–H and O–H groups in total. The van der Waals surface area contributed by atoms with Crippen LogP contribution < -0.4 is 10.6 Å². The molecule has 0 radical (unpaired) electrons. The number of amides is 1. The molecule has 1 fully saturated rings. The van der Waals surface area contributed by atoms with Gasteiger partial charge in [0.25, 0.3) is 5.69 Å². The lowest BCUT2D eigenvalue weighted by Gasteiger charge is -2.33. The first-order valence-corrected chi connectivity index (χ1v) is 10.0. The van der Waals surface area contributed by atoms with E-state index in [2.05, 4.69) is 10.6 Å². The molecule has 0 aromatic heterocycles. The van der Waals surface area contributed by atoms with Gasteiger partial charge in [-0.15, -0.1) is 12.4 Å². The summed E-state index contributed by atoms with van der Waals surface area (Å²) in [4.78, 5) is 22.6. The van der Waals surface area contributed by atoms with Crippen molar-refractivity contribution in [1.29, 1.82) is 0 Å². The molecular weight excluding hydrogens is 396 g/mol. The quantitative estimate of drug-likeness (QED) is 0.371. The van der Waals surface area contributed by atoms with Crippen LogP contribution in [-0.2, 0) is 14.8 Å². The van der Waals surface area contributed by atoms with Crippen molar-refractivity contribution < 1.29 is 18.1 Å². The molecule has 9 nitrogen and oxygen atoms in total. The van der Waals surface area contributed by atoms with Gasteiger partial charge in [0.2, 0.25) is 15.9 Å². The molecule has 1 unspecified atom stereocenters. The minimum atomic E-state index is -3.90. The Balaban J connectivity index is 0.00000364. The van der Waals surface area contributed by atoms with Crippen LogP contribution in [0.3, 0.4) is 0 Å². The van der Waals surface area contributed by atoms with Gasteiger partial charge in [0.05, 0.1) is 9.82 Å². The molecule has 152 valence electrons. The molecule has 2 rings (SSSR count). The van der Waals surface area contributed by atoms with Crippen LogP contribution in [0.1, 0.15) is 25.7 Å². The van der Waals surface area contributed by atoms with Gasteiger partial charge in [-0.3, -0.25) is 14.9 Å². The van der Waals surface area contributed by atoms with Crippen molar-refractivity contribution in [2.75, 3.05) is 26.7 Å². The molecular formula is C16H25ClN4O5S. The van der Waals surface area contributed by atoms with Gasteiger partial charge in [-0.2, -0.15) is 4.31 Å². The fraction of sp³-hybridized carbons (Fsp3) is 0.562. The van der Waals surface area contributed by atoms with E-state index in [1.165, 1.54) is 16.4 Å². The molecule has 11 heteroatoms. The summed E-state index contributed by atoms with van der Waals surface area (Å²) < 4.78 is 27.1. The minimum Gasteiger partial charge on any atom is -0.355 e. The van der Waals surface area contributed by atoms with Crippen LogP contribution in [0, 0.1) is 10.1 Å². The first-order chi connectivity index (χ1) is 12.4. The number of hydrogen-bond donors (Lipinski definition) is 2. The number of halogens is 1. The lowest BCUT2D eigenvalue weighted by atomic mass is 10.0. The molecule has 0 saturated carbocycles. The molecule has 1 aromatic carbocycles. The highest BCUT2D eigenvalue weighted by Gasteiger charge is 2.37. The number of carbonyl (C=O) groups is 1. The van der Waals surface area contributed by atoms with Gasteiger partial charge < -0.3 is 10.6 Å². The van der Waals surface area contributed by atoms with Crippen molar-refractivity contribution in [3.8, 4) is 0 Å². The first kappa shape index (κ1) is 23.3. The molecule has 1 amide bonds. The molecule has 0 bridgehead atoms. The Morgan fingerprint density at radius 1 is 1.26 bits per heavy atom. The Morgan fingerprint density at radius 3 is 2.52 bits per heavy atom. The van der Waals surface area contributed by atoms with Gasteiger partial charge in [-0.1, -0.05) is 6.42 Å². The normalized spacial score (nSPS) is 17.7. The number of rotatable bonds is 8. The van der Waals surface area contributed by atoms with Crippen LogP contribution in [0.2, 0.25) is 0 Å². The Morgan fingerprint density at radius 2 is 1.93 bits per heavy atom. The van der Waals surface area contributed by atoms with E-state index in [9.17, 15) is 23.3 Å². The molecule has 1 aliphatic rings. The van der Waals surface area contributed by atoms with Crippen LogP contribution in [-0.4, -0.2) is 56.3 Å². The maximum absolute atomic E-state index is 12.9. The zero-order chi connectivity index (χ0) is 19.2. The SMILES string of the molecule is CNCCCNC(=O)C1CCCCN1S(=O)(=O)c1ccc([N+](=O)[O-])cc1.Cl. The van der Waals surface area contributed by atoms with Crippen LogP contribution in [0.15, 0.2) is 29.2 Å². The zero-order valence-electron chi connectivity index (χ0n) is 15.1. The number of carbonyl (C=O) groups excluding carboxylic acids is 1. The van der Waals surface area contributed by atoms with Crippen molar-refractivity contribution >= 4 is 34.0 Å². The fourth-order valence-electron chi connectivity index (χ4n) is 2.92. The van der Waals surface area contributed by atoms with Gasteiger partial charge in [0.1, 0.15) is 6.04 Å². The summed E-state index contributed by atoms with van der Waals surface area (Å²) in [7, 11) is -2.08. The molecule has 1 aromatic rings. The van der Waals surface area contributed by atoms with E-state index in [1.807, 2.05) is 7.05 Å². The van der Waals surface area contributed by atoms with Crippen molar-refractivity contribution in [2.24, 2.45) is 0 Å². The van der Waals surface area contributed by atoms with Crippen molar-refractivity contribution in [3.63, 3.8) is 0 Å². The third-order valence-corrected chi connectivity index (χ3v) is 6.24. The van der Waals surface area contributed by atoms with E-state index in [0.717, 1.165) is 31.5 Å². The number of nitro benzene ring substituents is 1. The van der Waals surface area contributed by atoms with E-state index in [-0.39, 0.29) is 35.4 Å². The number of nitrogens with zero attached hydrogens (tertiary/aromatic N) is 2. The number of piperidine rings is 1. The molecule has 1 atom stereocenters. The summed E-state index contributed by atoms with van der Waals surface area (Å²) in [6, 6.07) is 3.99. The zero-order valence-corrected chi connectivity index (χ0v) is 16.7. The van der Waals surface area contributed by atoms with E-state index in [1.54, 1.807) is 0 Å². The van der Waals surface area contributed by atoms with Gasteiger partial charge in [0.15, 0.2) is 0 Å². The van der Waals surface area contributed by atoms with Crippen LogP contribution in [0.4, 0.5) is 5.69 Å². The maximum Gasteiger partial charge on any atom is 0.269 e. The van der Waals surface area contributed by atoms with E-state index in [0.29, 0.717) is 19.4 Å². The highest BCUT2D eigenvalue weighted by Crippen LogP contribution is 2.26. The number of nitrogens with one attached hydrogen (secondary N) is 2. The smallest absolute Gasteiger partial charge is 0.269 e. The lowest BCUT2D eigenvalue weighted by molar-refractivity contribution is -0.384. The Bertz CT molecular complexity index is 742. The molecule has 1 aliphatic heterocycles. The van der Waals surface area contributed by atoms with Crippen molar-refractivity contribution in [2.45, 2.75) is 36.6 Å². The van der Waals surface area contributed by atoms with Gasteiger partial charge in [-0.25, -0.2) is 8.42 Å². The number of hydrogen-bond acceptors (Lipinski definition) is 6. The van der Waals surface area contributed by atoms with Crippen LogP contribution in [0.5, 0.6) is 0 Å². The average Bonchev–Trinajstić information content (AvgIpc) is 2.65. The Hall–Kier alpha value is -1.75. The third-order valence-electron chi connectivity index (χ3n) is 4.31. The average molecular weight is 421 g/mol. The van der Waals surface area contributed by atoms with E-state index < -0.39 is 21.0 Å². The van der Waals surface area contributed by atoms with E-state index in [4.69, 9.17) is 0 Å². The molecule has 0 aliphatic carbocycles. The number of benzene rings is 1. The summed E-state index contributed by atoms with van der Waals surface area (Å²) in [5.41, 5.74) is -0.179. The minimum absolute atomic E-state index is 0. The van der Waals surface area contributed by atoms with Crippen LogP contribution >= 0.6 is 12.4 Å². The Labute approximate surface area is 165 Å². The fourth-order valence-corrected chi connectivity index (χ4v) is 4.58. The predicted molar refractivity (Wildman–Crippen MR) is 103 cm³/mol.